The van der Waals surface area contributed by atoms with Crippen molar-refractivity contribution in [3.63, 3.8) is 0 Å². The van der Waals surface area contributed by atoms with E-state index in [-0.39, 0.29) is 0 Å². The van der Waals surface area contributed by atoms with Crippen molar-refractivity contribution >= 4 is 15.9 Å². The van der Waals surface area contributed by atoms with E-state index in [0.29, 0.717) is 13.0 Å². The van der Waals surface area contributed by atoms with Gasteiger partial charge in [0.05, 0.1) is 23.8 Å². The minimum atomic E-state index is -0.716. The van der Waals surface area contributed by atoms with Crippen LogP contribution in [0.4, 0.5) is 0 Å². The first kappa shape index (κ1) is 12.9. The first-order valence-electron chi connectivity index (χ1n) is 5.75. The molecule has 1 unspecified atom stereocenters. The molecule has 1 atom stereocenters. The van der Waals surface area contributed by atoms with E-state index in [1.165, 1.54) is 0 Å². The van der Waals surface area contributed by atoms with E-state index in [9.17, 15) is 5.11 Å². The highest BCUT2D eigenvalue weighted by atomic mass is 79.9. The third-order valence-corrected chi connectivity index (χ3v) is 3.67. The van der Waals surface area contributed by atoms with Crippen molar-refractivity contribution in [3.05, 3.63) is 28.2 Å². The Morgan fingerprint density at radius 2 is 2.35 bits per heavy atom. The average molecular weight is 301 g/mol. The van der Waals surface area contributed by atoms with E-state index in [2.05, 4.69) is 15.9 Å². The van der Waals surface area contributed by atoms with Gasteiger partial charge in [0.15, 0.2) is 0 Å². The molecule has 94 valence electrons. The first-order valence-corrected chi connectivity index (χ1v) is 6.55. The van der Waals surface area contributed by atoms with Crippen LogP contribution in [0.3, 0.4) is 0 Å². The number of methoxy groups -OCH3 is 1. The van der Waals surface area contributed by atoms with Crippen LogP contribution in [0.25, 0.3) is 0 Å². The van der Waals surface area contributed by atoms with Gasteiger partial charge in [-0.2, -0.15) is 0 Å². The van der Waals surface area contributed by atoms with Crippen LogP contribution in [0.15, 0.2) is 22.7 Å². The molecule has 1 aromatic rings. The Bertz CT molecular complexity index is 386. The zero-order valence-corrected chi connectivity index (χ0v) is 11.5. The summed E-state index contributed by atoms with van der Waals surface area (Å²) in [6.45, 7) is 1.19. The molecular weight excluding hydrogens is 284 g/mol. The van der Waals surface area contributed by atoms with Crippen molar-refractivity contribution in [3.8, 4) is 5.75 Å². The molecule has 0 bridgehead atoms. The van der Waals surface area contributed by atoms with Gasteiger partial charge in [0.2, 0.25) is 0 Å². The van der Waals surface area contributed by atoms with E-state index in [0.717, 1.165) is 35.2 Å². The van der Waals surface area contributed by atoms with E-state index < -0.39 is 5.60 Å². The molecule has 0 aliphatic carbocycles. The average Bonchev–Trinajstić information content (AvgIpc) is 2.29. The van der Waals surface area contributed by atoms with Gasteiger partial charge >= 0.3 is 0 Å². The Labute approximate surface area is 110 Å². The number of hydrogen-bond acceptors (Lipinski definition) is 3. The van der Waals surface area contributed by atoms with Gasteiger partial charge in [-0.15, -0.1) is 0 Å². The third kappa shape index (κ3) is 3.21. The van der Waals surface area contributed by atoms with Gasteiger partial charge in [-0.3, -0.25) is 0 Å². The summed E-state index contributed by atoms with van der Waals surface area (Å²) in [7, 11) is 1.64. The largest absolute Gasteiger partial charge is 0.496 e. The molecule has 1 heterocycles. The molecule has 17 heavy (non-hydrogen) atoms. The molecule has 4 heteroatoms. The van der Waals surface area contributed by atoms with Crippen molar-refractivity contribution in [2.45, 2.75) is 24.9 Å². The van der Waals surface area contributed by atoms with Crippen molar-refractivity contribution in [1.29, 1.82) is 0 Å². The van der Waals surface area contributed by atoms with Crippen LogP contribution >= 0.6 is 15.9 Å². The molecule has 1 aromatic carbocycles. The van der Waals surface area contributed by atoms with Crippen LogP contribution in [0, 0.1) is 0 Å². The quantitative estimate of drug-likeness (QED) is 0.932. The van der Waals surface area contributed by atoms with Crippen molar-refractivity contribution in [1.82, 2.24) is 0 Å². The second-order valence-electron chi connectivity index (χ2n) is 4.53. The second kappa shape index (κ2) is 5.38. The predicted molar refractivity (Wildman–Crippen MR) is 69.4 cm³/mol. The maximum Gasteiger partial charge on any atom is 0.133 e. The number of hydrogen-bond donors (Lipinski definition) is 1. The predicted octanol–water partition coefficient (Wildman–Crippen LogP) is 2.54. The fourth-order valence-electron chi connectivity index (χ4n) is 2.18. The zero-order chi connectivity index (χ0) is 12.3. The van der Waals surface area contributed by atoms with Crippen LogP contribution in [-0.4, -0.2) is 31.0 Å². The number of rotatable bonds is 3. The van der Waals surface area contributed by atoms with Crippen LogP contribution in [0.2, 0.25) is 0 Å². The minimum absolute atomic E-state index is 0.427. The Hall–Kier alpha value is -0.580. The summed E-state index contributed by atoms with van der Waals surface area (Å²) in [5.74, 6) is 0.806. The molecule has 3 nitrogen and oxygen atoms in total. The van der Waals surface area contributed by atoms with Crippen LogP contribution in [0.1, 0.15) is 18.4 Å². The summed E-state index contributed by atoms with van der Waals surface area (Å²) in [6.07, 6.45) is 2.35. The maximum atomic E-state index is 10.4. The Morgan fingerprint density at radius 1 is 1.53 bits per heavy atom. The smallest absolute Gasteiger partial charge is 0.133 e. The molecular formula is C13H17BrO3. The lowest BCUT2D eigenvalue weighted by Crippen LogP contribution is -2.40. The molecule has 0 spiro atoms. The number of ether oxygens (including phenoxy) is 2. The van der Waals surface area contributed by atoms with Crippen LogP contribution in [-0.2, 0) is 11.2 Å². The van der Waals surface area contributed by atoms with Crippen molar-refractivity contribution < 1.29 is 14.6 Å². The first-order chi connectivity index (χ1) is 8.13. The van der Waals surface area contributed by atoms with Crippen molar-refractivity contribution in [2.24, 2.45) is 0 Å². The highest BCUT2D eigenvalue weighted by Crippen LogP contribution is 2.29. The lowest BCUT2D eigenvalue weighted by atomic mass is 9.89. The van der Waals surface area contributed by atoms with Gasteiger partial charge in [0.1, 0.15) is 5.75 Å². The monoisotopic (exact) mass is 300 g/mol. The summed E-state index contributed by atoms with van der Waals surface area (Å²) in [5, 5.41) is 10.4. The molecule has 0 aromatic heterocycles. The third-order valence-electron chi connectivity index (χ3n) is 3.05. The van der Waals surface area contributed by atoms with Gasteiger partial charge in [0.25, 0.3) is 0 Å². The summed E-state index contributed by atoms with van der Waals surface area (Å²) in [4.78, 5) is 0. The number of aliphatic hydroxyl groups is 1. The van der Waals surface area contributed by atoms with Crippen LogP contribution in [0.5, 0.6) is 5.75 Å². The number of benzene rings is 1. The van der Waals surface area contributed by atoms with Gasteiger partial charge in [0, 0.05) is 13.0 Å². The zero-order valence-electron chi connectivity index (χ0n) is 9.91. The van der Waals surface area contributed by atoms with Gasteiger partial charge in [-0.05, 0) is 46.5 Å². The van der Waals surface area contributed by atoms with E-state index >= 15 is 0 Å². The summed E-state index contributed by atoms with van der Waals surface area (Å²) in [6, 6.07) is 5.88. The Morgan fingerprint density at radius 3 is 2.94 bits per heavy atom. The lowest BCUT2D eigenvalue weighted by Gasteiger charge is -2.32. The highest BCUT2D eigenvalue weighted by molar-refractivity contribution is 9.10. The minimum Gasteiger partial charge on any atom is -0.496 e. The molecule has 0 saturated carbocycles. The highest BCUT2D eigenvalue weighted by Gasteiger charge is 2.30. The van der Waals surface area contributed by atoms with E-state index in [4.69, 9.17) is 9.47 Å². The topological polar surface area (TPSA) is 38.7 Å². The van der Waals surface area contributed by atoms with Gasteiger partial charge < -0.3 is 14.6 Å². The molecule has 1 N–H and O–H groups in total. The Balaban J connectivity index is 2.10. The van der Waals surface area contributed by atoms with Gasteiger partial charge in [-0.25, -0.2) is 0 Å². The SMILES string of the molecule is COc1ccc(CC2(O)CCCOC2)cc1Br. The van der Waals surface area contributed by atoms with E-state index in [1.54, 1.807) is 7.11 Å². The summed E-state index contributed by atoms with van der Waals surface area (Å²) >= 11 is 3.45. The van der Waals surface area contributed by atoms with E-state index in [1.807, 2.05) is 18.2 Å². The maximum absolute atomic E-state index is 10.4. The van der Waals surface area contributed by atoms with Crippen molar-refractivity contribution in [2.75, 3.05) is 20.3 Å². The molecule has 0 radical (unpaired) electrons. The molecule has 1 aliphatic heterocycles. The molecule has 0 amide bonds. The summed E-state index contributed by atoms with van der Waals surface area (Å²) < 4.78 is 11.4. The van der Waals surface area contributed by atoms with Crippen LogP contribution < -0.4 is 4.74 Å². The lowest BCUT2D eigenvalue weighted by molar-refractivity contribution is -0.0845. The molecule has 1 fully saturated rings. The fraction of sp³-hybridized carbons (Fsp3) is 0.538. The number of halogens is 1. The summed E-state index contributed by atoms with van der Waals surface area (Å²) in [5.41, 5.74) is 0.373. The normalized spacial score (nSPS) is 24.6. The fourth-order valence-corrected chi connectivity index (χ4v) is 2.76. The molecule has 1 saturated heterocycles. The Kier molecular flexibility index (Phi) is 4.07. The molecule has 2 rings (SSSR count). The van der Waals surface area contributed by atoms with Gasteiger partial charge in [-0.1, -0.05) is 6.07 Å². The standard InChI is InChI=1S/C13H17BrO3/c1-16-12-4-3-10(7-11(12)14)8-13(15)5-2-6-17-9-13/h3-4,7,15H,2,5-6,8-9H2,1H3. The second-order valence-corrected chi connectivity index (χ2v) is 5.38. The molecule has 1 aliphatic rings.